The van der Waals surface area contributed by atoms with Gasteiger partial charge in [-0.15, -0.1) is 0 Å². The number of hydrogen-bond acceptors (Lipinski definition) is 3. The number of nitrogens with one attached hydrogen (secondary N) is 1. The van der Waals surface area contributed by atoms with Gasteiger partial charge in [-0.25, -0.2) is 0 Å². The quantitative estimate of drug-likeness (QED) is 0.550. The number of nitrogens with zero attached hydrogens (tertiary/aromatic N) is 1. The van der Waals surface area contributed by atoms with E-state index in [2.05, 4.69) is 68.0 Å². The van der Waals surface area contributed by atoms with Gasteiger partial charge in [-0.1, -0.05) is 44.5 Å². The fraction of sp³-hybridized carbons (Fsp3) is 0.517. The van der Waals surface area contributed by atoms with Crippen LogP contribution in [0.5, 0.6) is 11.5 Å². The minimum atomic E-state index is -0.521. The van der Waals surface area contributed by atoms with Gasteiger partial charge in [0.15, 0.2) is 17.1 Å². The van der Waals surface area contributed by atoms with Crippen molar-refractivity contribution in [3.63, 3.8) is 0 Å². The van der Waals surface area contributed by atoms with Crippen LogP contribution < -0.4 is 4.74 Å². The number of para-hydroxylation sites is 1. The lowest BCUT2D eigenvalue weighted by Gasteiger charge is -2.68. The number of rotatable bonds is 3. The maximum absolute atomic E-state index is 11.0. The highest BCUT2D eigenvalue weighted by Crippen LogP contribution is 2.75. The summed E-state index contributed by atoms with van der Waals surface area (Å²) in [5, 5.41) is 12.4. The van der Waals surface area contributed by atoms with Crippen molar-refractivity contribution in [2.75, 3.05) is 13.6 Å². The molecule has 2 bridgehead atoms. The monoisotopic (exact) mass is 442 g/mol. The lowest BCUT2D eigenvalue weighted by molar-refractivity contribution is -0.149. The van der Waals surface area contributed by atoms with Crippen molar-refractivity contribution in [1.82, 2.24) is 9.88 Å². The molecule has 2 N–H and O–H groups in total. The Hall–Kier alpha value is -2.46. The average molecular weight is 443 g/mol. The van der Waals surface area contributed by atoms with Crippen molar-refractivity contribution < 1.29 is 9.84 Å². The molecule has 172 valence electrons. The maximum atomic E-state index is 11.0. The molecule has 2 aliphatic carbocycles. The Kier molecular flexibility index (Phi) is 3.72. The molecule has 0 saturated carbocycles. The number of fused-ring (bicyclic) bond motifs is 4. The first kappa shape index (κ1) is 20.0. The van der Waals surface area contributed by atoms with Crippen LogP contribution in [-0.4, -0.2) is 34.6 Å². The first-order valence-corrected chi connectivity index (χ1v) is 12.7. The summed E-state index contributed by atoms with van der Waals surface area (Å²) in [6.45, 7) is 8.09. The van der Waals surface area contributed by atoms with Crippen LogP contribution in [0.1, 0.15) is 62.4 Å². The molecule has 1 aromatic heterocycles. The van der Waals surface area contributed by atoms with Gasteiger partial charge in [-0.2, -0.15) is 0 Å². The minimum Gasteiger partial charge on any atom is -0.504 e. The molecule has 3 heterocycles. The van der Waals surface area contributed by atoms with E-state index >= 15 is 0 Å². The molecule has 33 heavy (non-hydrogen) atoms. The van der Waals surface area contributed by atoms with E-state index in [4.69, 9.17) is 4.74 Å². The second kappa shape index (κ2) is 6.15. The van der Waals surface area contributed by atoms with E-state index in [1.165, 1.54) is 46.1 Å². The largest absolute Gasteiger partial charge is 0.504 e. The van der Waals surface area contributed by atoms with Crippen LogP contribution in [-0.2, 0) is 23.9 Å². The molecule has 1 spiro atoms. The van der Waals surface area contributed by atoms with E-state index in [9.17, 15) is 5.11 Å². The van der Waals surface area contributed by atoms with Gasteiger partial charge < -0.3 is 19.7 Å². The molecule has 4 heteroatoms. The zero-order valence-electron chi connectivity index (χ0n) is 20.2. The smallest absolute Gasteiger partial charge is 0.166 e. The summed E-state index contributed by atoms with van der Waals surface area (Å²) in [5.74, 6) is 1.70. The van der Waals surface area contributed by atoms with Gasteiger partial charge in [0.25, 0.3) is 0 Å². The Morgan fingerprint density at radius 1 is 1.21 bits per heavy atom. The average Bonchev–Trinajstić information content (AvgIpc) is 3.29. The van der Waals surface area contributed by atoms with Gasteiger partial charge in [0.05, 0.1) is 11.1 Å². The van der Waals surface area contributed by atoms with Gasteiger partial charge >= 0.3 is 0 Å². The Morgan fingerprint density at radius 3 is 2.85 bits per heavy atom. The number of likely N-dealkylation sites (N-methyl/N-ethyl adjacent to an activating group) is 1. The van der Waals surface area contributed by atoms with Gasteiger partial charge in [-0.05, 0) is 75.4 Å². The zero-order valence-corrected chi connectivity index (χ0v) is 20.2. The highest BCUT2D eigenvalue weighted by atomic mass is 16.5. The number of ether oxygens (including phenoxy) is 1. The molecular weight excluding hydrogens is 408 g/mol. The summed E-state index contributed by atoms with van der Waals surface area (Å²) in [6, 6.07) is 13.2. The number of hydrogen-bond donors (Lipinski definition) is 2. The molecule has 3 aromatic rings. The van der Waals surface area contributed by atoms with Crippen molar-refractivity contribution in [2.45, 2.75) is 69.9 Å². The number of H-pyrrole nitrogens is 1. The Labute approximate surface area is 195 Å². The second-order valence-corrected chi connectivity index (χ2v) is 11.7. The van der Waals surface area contributed by atoms with Crippen molar-refractivity contribution in [1.29, 1.82) is 0 Å². The summed E-state index contributed by atoms with van der Waals surface area (Å²) in [6.07, 6.45) is 5.57. The third-order valence-corrected chi connectivity index (χ3v) is 9.99. The predicted molar refractivity (Wildman–Crippen MR) is 131 cm³/mol. The van der Waals surface area contributed by atoms with Crippen molar-refractivity contribution in [2.24, 2.45) is 11.3 Å². The van der Waals surface area contributed by atoms with Crippen LogP contribution in [0.3, 0.4) is 0 Å². The van der Waals surface area contributed by atoms with Crippen LogP contribution in [0, 0.1) is 11.3 Å². The number of piperidine rings is 1. The third kappa shape index (κ3) is 2.09. The summed E-state index contributed by atoms with van der Waals surface area (Å²) < 4.78 is 7.02. The summed E-state index contributed by atoms with van der Waals surface area (Å²) in [5.41, 5.74) is 5.98. The SMILES string of the molecule is CC(C)CC[C@@]12Cc3c([nH]c4ccccc34)[C@]3(C)Oc4c(O)ccc5c4[C@]13CCN(C)[C@@H]2C5. The lowest BCUT2D eigenvalue weighted by atomic mass is 9.39. The molecule has 7 rings (SSSR count). The maximum Gasteiger partial charge on any atom is 0.166 e. The van der Waals surface area contributed by atoms with Gasteiger partial charge in [0.1, 0.15) is 0 Å². The Balaban J connectivity index is 1.62. The molecule has 0 amide bonds. The van der Waals surface area contributed by atoms with E-state index in [-0.39, 0.29) is 10.8 Å². The molecule has 0 radical (unpaired) electrons. The highest BCUT2D eigenvalue weighted by Gasteiger charge is 2.76. The topological polar surface area (TPSA) is 48.5 Å². The first-order valence-electron chi connectivity index (χ1n) is 12.7. The van der Waals surface area contributed by atoms with Crippen LogP contribution in [0.15, 0.2) is 36.4 Å². The molecule has 4 nitrogen and oxygen atoms in total. The first-order chi connectivity index (χ1) is 15.8. The summed E-state index contributed by atoms with van der Waals surface area (Å²) in [4.78, 5) is 6.46. The lowest BCUT2D eigenvalue weighted by Crippen LogP contribution is -2.73. The van der Waals surface area contributed by atoms with Crippen LogP contribution in [0.4, 0.5) is 0 Å². The van der Waals surface area contributed by atoms with Gasteiger partial charge in [0, 0.05) is 27.9 Å². The second-order valence-electron chi connectivity index (χ2n) is 11.7. The fourth-order valence-corrected chi connectivity index (χ4v) is 8.64. The number of aromatic amines is 1. The highest BCUT2D eigenvalue weighted by molar-refractivity contribution is 5.86. The normalized spacial score (nSPS) is 33.8. The Morgan fingerprint density at radius 2 is 2.03 bits per heavy atom. The van der Waals surface area contributed by atoms with E-state index in [0.29, 0.717) is 17.7 Å². The number of likely N-dealkylation sites (tertiary alicyclic amines) is 1. The Bertz CT molecular complexity index is 1310. The molecule has 0 unspecified atom stereocenters. The standard InChI is InChI=1S/C29H34N2O2/c1-17(2)11-12-28-16-20-19-7-5-6-8-21(19)30-26(20)27(3)29(28)13-14-31(4)23(28)15-18-9-10-22(32)25(33-27)24(18)29/h5-10,17,23,30,32H,11-16H2,1-4H3/t23-,27+,28+,29+/m1/s1. The molecule has 1 fully saturated rings. The van der Waals surface area contributed by atoms with E-state index in [1.54, 1.807) is 0 Å². The number of benzene rings is 2. The van der Waals surface area contributed by atoms with E-state index < -0.39 is 5.60 Å². The molecule has 2 aromatic carbocycles. The van der Waals surface area contributed by atoms with E-state index in [0.717, 1.165) is 31.6 Å². The van der Waals surface area contributed by atoms with Crippen LogP contribution in [0.2, 0.25) is 0 Å². The molecule has 4 atom stereocenters. The molecule has 1 saturated heterocycles. The van der Waals surface area contributed by atoms with E-state index in [1.807, 2.05) is 6.07 Å². The molecule has 2 aliphatic heterocycles. The van der Waals surface area contributed by atoms with Crippen LogP contribution >= 0.6 is 0 Å². The number of aromatic nitrogens is 1. The number of phenols is 1. The van der Waals surface area contributed by atoms with Crippen molar-refractivity contribution >= 4 is 10.9 Å². The van der Waals surface area contributed by atoms with Gasteiger partial charge in [0.2, 0.25) is 0 Å². The van der Waals surface area contributed by atoms with Gasteiger partial charge in [-0.3, -0.25) is 0 Å². The van der Waals surface area contributed by atoms with Crippen molar-refractivity contribution in [3.8, 4) is 11.5 Å². The number of aromatic hydroxyl groups is 1. The summed E-state index contributed by atoms with van der Waals surface area (Å²) in [7, 11) is 2.33. The molecular formula is C29H34N2O2. The summed E-state index contributed by atoms with van der Waals surface area (Å²) >= 11 is 0. The number of phenolic OH excluding ortho intramolecular Hbond substituents is 1. The van der Waals surface area contributed by atoms with Crippen molar-refractivity contribution in [3.05, 3.63) is 58.8 Å². The van der Waals surface area contributed by atoms with Crippen LogP contribution in [0.25, 0.3) is 10.9 Å². The molecule has 4 aliphatic rings. The zero-order chi connectivity index (χ0) is 22.8. The minimum absolute atomic E-state index is 0.0724. The fourth-order valence-electron chi connectivity index (χ4n) is 8.64. The third-order valence-electron chi connectivity index (χ3n) is 9.99. The predicted octanol–water partition coefficient (Wildman–Crippen LogP) is 5.66.